The van der Waals surface area contributed by atoms with Gasteiger partial charge in [0.1, 0.15) is 5.75 Å². The van der Waals surface area contributed by atoms with Crippen molar-refractivity contribution in [3.05, 3.63) is 28.8 Å². The molecule has 0 unspecified atom stereocenters. The molecular weight excluding hydrogens is 186 g/mol. The molecule has 0 spiro atoms. The van der Waals surface area contributed by atoms with E-state index in [9.17, 15) is 0 Å². The molecule has 1 atom stereocenters. The molecule has 1 aromatic rings. The smallest absolute Gasteiger partial charge is 0.124 e. The molecular formula is C10H12ClNO. The molecule has 0 aromatic heterocycles. The van der Waals surface area contributed by atoms with E-state index in [0.717, 1.165) is 35.8 Å². The lowest BCUT2D eigenvalue weighted by atomic mass is 10.0. The van der Waals surface area contributed by atoms with E-state index in [1.54, 1.807) is 0 Å². The largest absolute Gasteiger partial charge is 0.493 e. The summed E-state index contributed by atoms with van der Waals surface area (Å²) in [7, 11) is 0. The van der Waals surface area contributed by atoms with Crippen LogP contribution >= 0.6 is 11.6 Å². The molecule has 2 N–H and O–H groups in total. The van der Waals surface area contributed by atoms with E-state index in [-0.39, 0.29) is 6.04 Å². The molecule has 0 amide bonds. The van der Waals surface area contributed by atoms with Crippen LogP contribution in [0.2, 0.25) is 5.02 Å². The second-order valence-corrected chi connectivity index (χ2v) is 3.72. The van der Waals surface area contributed by atoms with Gasteiger partial charge in [-0.1, -0.05) is 11.6 Å². The van der Waals surface area contributed by atoms with Crippen molar-refractivity contribution in [2.75, 3.05) is 6.61 Å². The standard InChI is InChI=1S/C10H12ClNO/c11-7-3-4-10-8(6-7)9(12)2-1-5-13-10/h3-4,6,9H,1-2,5,12H2/t9-/m1/s1. The highest BCUT2D eigenvalue weighted by atomic mass is 35.5. The Balaban J connectivity index is 2.43. The molecule has 0 radical (unpaired) electrons. The number of fused-ring (bicyclic) bond motifs is 1. The average molecular weight is 198 g/mol. The lowest BCUT2D eigenvalue weighted by Crippen LogP contribution is -2.08. The van der Waals surface area contributed by atoms with Crippen molar-refractivity contribution in [2.45, 2.75) is 18.9 Å². The van der Waals surface area contributed by atoms with Crippen LogP contribution in [0, 0.1) is 0 Å². The normalized spacial score (nSPS) is 21.5. The number of halogens is 1. The van der Waals surface area contributed by atoms with Crippen LogP contribution < -0.4 is 10.5 Å². The van der Waals surface area contributed by atoms with E-state index in [4.69, 9.17) is 22.1 Å². The highest BCUT2D eigenvalue weighted by molar-refractivity contribution is 6.30. The van der Waals surface area contributed by atoms with E-state index < -0.39 is 0 Å². The summed E-state index contributed by atoms with van der Waals surface area (Å²) in [6, 6.07) is 5.69. The summed E-state index contributed by atoms with van der Waals surface area (Å²) in [6.45, 7) is 0.752. The van der Waals surface area contributed by atoms with Gasteiger partial charge in [-0.25, -0.2) is 0 Å². The second kappa shape index (κ2) is 3.56. The molecule has 0 saturated carbocycles. The van der Waals surface area contributed by atoms with Gasteiger partial charge in [-0.3, -0.25) is 0 Å². The van der Waals surface area contributed by atoms with Crippen molar-refractivity contribution in [1.29, 1.82) is 0 Å². The van der Waals surface area contributed by atoms with E-state index in [0.29, 0.717) is 0 Å². The molecule has 0 aliphatic carbocycles. The summed E-state index contributed by atoms with van der Waals surface area (Å²) >= 11 is 5.88. The Bertz CT molecular complexity index is 314. The first-order valence-corrected chi connectivity index (χ1v) is 4.83. The van der Waals surface area contributed by atoms with Gasteiger partial charge < -0.3 is 10.5 Å². The van der Waals surface area contributed by atoms with Crippen molar-refractivity contribution >= 4 is 11.6 Å². The van der Waals surface area contributed by atoms with Gasteiger partial charge in [-0.2, -0.15) is 0 Å². The van der Waals surface area contributed by atoms with E-state index in [1.807, 2.05) is 18.2 Å². The lowest BCUT2D eigenvalue weighted by Gasteiger charge is -2.11. The molecule has 2 nitrogen and oxygen atoms in total. The third kappa shape index (κ3) is 1.79. The first-order valence-electron chi connectivity index (χ1n) is 4.45. The summed E-state index contributed by atoms with van der Waals surface area (Å²) in [5, 5.41) is 0.722. The van der Waals surface area contributed by atoms with Crippen molar-refractivity contribution in [1.82, 2.24) is 0 Å². The third-order valence-corrected chi connectivity index (χ3v) is 2.52. The van der Waals surface area contributed by atoms with E-state index >= 15 is 0 Å². The zero-order valence-electron chi connectivity index (χ0n) is 7.29. The van der Waals surface area contributed by atoms with Crippen molar-refractivity contribution < 1.29 is 4.74 Å². The Morgan fingerprint density at radius 2 is 2.31 bits per heavy atom. The van der Waals surface area contributed by atoms with Crippen LogP contribution in [0.25, 0.3) is 0 Å². The predicted molar refractivity (Wildman–Crippen MR) is 53.1 cm³/mol. The summed E-state index contributed by atoms with van der Waals surface area (Å²) < 4.78 is 5.54. The van der Waals surface area contributed by atoms with Crippen LogP contribution in [0.5, 0.6) is 5.75 Å². The summed E-state index contributed by atoms with van der Waals surface area (Å²) in [5.41, 5.74) is 7.01. The quantitative estimate of drug-likeness (QED) is 0.694. The number of ether oxygens (including phenoxy) is 1. The first kappa shape index (κ1) is 8.85. The second-order valence-electron chi connectivity index (χ2n) is 3.28. The van der Waals surface area contributed by atoms with Gasteiger partial charge >= 0.3 is 0 Å². The number of hydrogen-bond acceptors (Lipinski definition) is 2. The molecule has 0 bridgehead atoms. The number of rotatable bonds is 0. The number of nitrogens with two attached hydrogens (primary N) is 1. The van der Waals surface area contributed by atoms with Crippen LogP contribution in [-0.2, 0) is 0 Å². The number of hydrogen-bond donors (Lipinski definition) is 1. The van der Waals surface area contributed by atoms with Gasteiger partial charge in [0, 0.05) is 16.6 Å². The van der Waals surface area contributed by atoms with Crippen molar-refractivity contribution in [2.24, 2.45) is 5.73 Å². The Kier molecular flexibility index (Phi) is 2.42. The zero-order chi connectivity index (χ0) is 9.26. The highest BCUT2D eigenvalue weighted by Crippen LogP contribution is 2.31. The van der Waals surface area contributed by atoms with Gasteiger partial charge in [-0.05, 0) is 31.0 Å². The van der Waals surface area contributed by atoms with Gasteiger partial charge in [-0.15, -0.1) is 0 Å². The molecule has 2 rings (SSSR count). The Morgan fingerprint density at radius 3 is 3.15 bits per heavy atom. The summed E-state index contributed by atoms with van der Waals surface area (Å²) in [5.74, 6) is 0.884. The third-order valence-electron chi connectivity index (χ3n) is 2.29. The maximum absolute atomic E-state index is 5.98. The molecule has 13 heavy (non-hydrogen) atoms. The van der Waals surface area contributed by atoms with Crippen LogP contribution in [0.4, 0.5) is 0 Å². The Labute approximate surface area is 82.6 Å². The molecule has 1 aliphatic rings. The van der Waals surface area contributed by atoms with Gasteiger partial charge in [0.05, 0.1) is 6.61 Å². The van der Waals surface area contributed by atoms with Crippen LogP contribution in [0.3, 0.4) is 0 Å². The predicted octanol–water partition coefficient (Wildman–Crippen LogP) is 2.51. The van der Waals surface area contributed by atoms with E-state index in [2.05, 4.69) is 0 Å². The fraction of sp³-hybridized carbons (Fsp3) is 0.400. The fourth-order valence-corrected chi connectivity index (χ4v) is 1.76. The van der Waals surface area contributed by atoms with Gasteiger partial charge in [0.2, 0.25) is 0 Å². The molecule has 70 valence electrons. The first-order chi connectivity index (χ1) is 6.27. The van der Waals surface area contributed by atoms with Crippen LogP contribution in [0.15, 0.2) is 18.2 Å². The highest BCUT2D eigenvalue weighted by Gasteiger charge is 2.15. The maximum atomic E-state index is 5.98. The zero-order valence-corrected chi connectivity index (χ0v) is 8.05. The van der Waals surface area contributed by atoms with Crippen molar-refractivity contribution in [3.63, 3.8) is 0 Å². The maximum Gasteiger partial charge on any atom is 0.124 e. The topological polar surface area (TPSA) is 35.2 Å². The monoisotopic (exact) mass is 197 g/mol. The van der Waals surface area contributed by atoms with Gasteiger partial charge in [0.25, 0.3) is 0 Å². The van der Waals surface area contributed by atoms with E-state index in [1.165, 1.54) is 0 Å². The van der Waals surface area contributed by atoms with Crippen LogP contribution in [0.1, 0.15) is 24.4 Å². The fourth-order valence-electron chi connectivity index (χ4n) is 1.58. The molecule has 1 aromatic carbocycles. The molecule has 0 fully saturated rings. The minimum atomic E-state index is 0.0659. The van der Waals surface area contributed by atoms with Gasteiger partial charge in [0.15, 0.2) is 0 Å². The molecule has 0 saturated heterocycles. The SMILES string of the molecule is N[C@@H]1CCCOc2ccc(Cl)cc21. The summed E-state index contributed by atoms with van der Waals surface area (Å²) in [4.78, 5) is 0. The minimum Gasteiger partial charge on any atom is -0.493 e. The molecule has 1 aliphatic heterocycles. The molecule has 1 heterocycles. The molecule has 3 heteroatoms. The van der Waals surface area contributed by atoms with Crippen molar-refractivity contribution in [3.8, 4) is 5.75 Å². The Hall–Kier alpha value is -0.730. The minimum absolute atomic E-state index is 0.0659. The average Bonchev–Trinajstić information content (AvgIpc) is 2.29. The number of benzene rings is 1. The van der Waals surface area contributed by atoms with Crippen LogP contribution in [-0.4, -0.2) is 6.61 Å². The summed E-state index contributed by atoms with van der Waals surface area (Å²) in [6.07, 6.45) is 1.97. The lowest BCUT2D eigenvalue weighted by molar-refractivity contribution is 0.316. The Morgan fingerprint density at radius 1 is 1.46 bits per heavy atom.